The first-order valence-electron chi connectivity index (χ1n) is 13.5. The highest BCUT2D eigenvalue weighted by Crippen LogP contribution is 2.33. The molecule has 1 aliphatic heterocycles. The molecule has 40 heavy (non-hydrogen) atoms. The van der Waals surface area contributed by atoms with Gasteiger partial charge in [0.05, 0.1) is 24.4 Å². The van der Waals surface area contributed by atoms with E-state index in [2.05, 4.69) is 10.6 Å². The second-order valence-corrected chi connectivity index (χ2v) is 12.0. The number of carbonyl (C=O) groups is 4. The van der Waals surface area contributed by atoms with Gasteiger partial charge in [-0.1, -0.05) is 19.3 Å². The van der Waals surface area contributed by atoms with Gasteiger partial charge in [-0.3, -0.25) is 9.59 Å². The van der Waals surface area contributed by atoms with Gasteiger partial charge in [0, 0.05) is 19.2 Å². The molecule has 3 amide bonds. The first kappa shape index (κ1) is 33.1. The maximum Gasteiger partial charge on any atom is 0.408 e. The molecule has 3 atom stereocenters. The predicted octanol–water partition coefficient (Wildman–Crippen LogP) is -0.420. The van der Waals surface area contributed by atoms with Crippen LogP contribution in [-0.2, 0) is 23.9 Å². The fourth-order valence-electron chi connectivity index (χ4n) is 5.22. The Morgan fingerprint density at radius 1 is 1.15 bits per heavy atom. The smallest absolute Gasteiger partial charge is 0.408 e. The zero-order valence-electron chi connectivity index (χ0n) is 24.4. The van der Waals surface area contributed by atoms with E-state index in [1.54, 1.807) is 20.8 Å². The molecule has 3 unspecified atom stereocenters. The first-order chi connectivity index (χ1) is 18.5. The third-order valence-corrected chi connectivity index (χ3v) is 7.21. The average Bonchev–Trinajstić information content (AvgIpc) is 3.31. The number of nitrogens with one attached hydrogen (secondary N) is 2. The minimum Gasteiger partial charge on any atom is -0.467 e. The van der Waals surface area contributed by atoms with Gasteiger partial charge in [0.25, 0.3) is 0 Å². The van der Waals surface area contributed by atoms with E-state index >= 15 is 0 Å². The van der Waals surface area contributed by atoms with Crippen molar-refractivity contribution in [3.8, 4) is 0 Å². The first-order valence-corrected chi connectivity index (χ1v) is 13.5. The monoisotopic (exact) mass is 570 g/mol. The summed E-state index contributed by atoms with van der Waals surface area (Å²) in [6.07, 6.45) is 1.76. The minimum absolute atomic E-state index is 0.0244. The standard InChI is InChI=1S/C26H46N6O8/c1-24(2,3)40-23(37)29-14-19(33)31-15-16(32(28)18(13-27)25(4,5)38)12-17(31)21(35)30-26(10-8-7-9-11-26)20(34)22(36)39-6/h13,16-17,20,34,38H,7-12,14-15,27-28H2,1-6H3,(H,29,37)(H,30,35)/b18-13-. The Kier molecular flexibility index (Phi) is 10.8. The fraction of sp³-hybridized carbons (Fsp3) is 0.769. The lowest BCUT2D eigenvalue weighted by atomic mass is 9.77. The molecule has 228 valence electrons. The van der Waals surface area contributed by atoms with E-state index in [1.165, 1.54) is 23.8 Å². The molecular formula is C26H46N6O8. The Labute approximate surface area is 235 Å². The molecule has 8 N–H and O–H groups in total. The van der Waals surface area contributed by atoms with Gasteiger partial charge in [0.2, 0.25) is 11.8 Å². The van der Waals surface area contributed by atoms with Crippen LogP contribution in [0.2, 0.25) is 0 Å². The highest BCUT2D eigenvalue weighted by Gasteiger charge is 2.49. The van der Waals surface area contributed by atoms with E-state index in [1.807, 2.05) is 0 Å². The molecule has 2 rings (SSSR count). The maximum absolute atomic E-state index is 13.8. The molecule has 0 aromatic carbocycles. The third kappa shape index (κ3) is 8.21. The summed E-state index contributed by atoms with van der Waals surface area (Å²) in [4.78, 5) is 52.7. The fourth-order valence-corrected chi connectivity index (χ4v) is 5.22. The SMILES string of the molecule is COC(=O)C(O)C1(NC(=O)C2CC(N(N)/C(=C\N)C(C)(C)O)CN2C(=O)CNC(=O)OC(C)(C)C)CCCCC1. The van der Waals surface area contributed by atoms with Crippen LogP contribution < -0.4 is 22.2 Å². The largest absolute Gasteiger partial charge is 0.467 e. The van der Waals surface area contributed by atoms with Crippen LogP contribution in [0.3, 0.4) is 0 Å². The number of aliphatic hydroxyl groups is 2. The van der Waals surface area contributed by atoms with E-state index in [9.17, 15) is 29.4 Å². The van der Waals surface area contributed by atoms with E-state index < -0.39 is 65.4 Å². The molecule has 0 bridgehead atoms. The molecule has 14 heteroatoms. The van der Waals surface area contributed by atoms with Crippen LogP contribution >= 0.6 is 0 Å². The summed E-state index contributed by atoms with van der Waals surface area (Å²) < 4.78 is 9.93. The Balaban J connectivity index is 2.33. The van der Waals surface area contributed by atoms with E-state index in [0.29, 0.717) is 25.7 Å². The molecule has 0 spiro atoms. The van der Waals surface area contributed by atoms with Crippen molar-refractivity contribution < 1.29 is 38.9 Å². The van der Waals surface area contributed by atoms with Crippen molar-refractivity contribution >= 4 is 23.9 Å². The third-order valence-electron chi connectivity index (χ3n) is 7.21. The van der Waals surface area contributed by atoms with Crippen LogP contribution in [0.15, 0.2) is 11.9 Å². The van der Waals surface area contributed by atoms with Gasteiger partial charge in [0.1, 0.15) is 23.8 Å². The maximum atomic E-state index is 13.8. The summed E-state index contributed by atoms with van der Waals surface area (Å²) in [6, 6.07) is -1.69. The minimum atomic E-state index is -1.59. The zero-order valence-corrected chi connectivity index (χ0v) is 24.4. The molecule has 2 aliphatic rings. The number of amides is 3. The molecule has 0 aromatic heterocycles. The number of hydrogen-bond donors (Lipinski definition) is 6. The number of nitrogens with two attached hydrogens (primary N) is 2. The molecule has 1 saturated heterocycles. The van der Waals surface area contributed by atoms with Crippen molar-refractivity contribution in [1.29, 1.82) is 0 Å². The zero-order chi connectivity index (χ0) is 30.5. The predicted molar refractivity (Wildman–Crippen MR) is 145 cm³/mol. The molecule has 1 aliphatic carbocycles. The normalized spacial score (nSPS) is 22.2. The molecule has 14 nitrogen and oxygen atoms in total. The lowest BCUT2D eigenvalue weighted by Crippen LogP contribution is -2.63. The van der Waals surface area contributed by atoms with Crippen molar-refractivity contribution in [1.82, 2.24) is 20.5 Å². The Morgan fingerprint density at radius 2 is 1.75 bits per heavy atom. The Hall–Kier alpha value is -3.10. The van der Waals surface area contributed by atoms with Gasteiger partial charge in [-0.25, -0.2) is 15.4 Å². The number of methoxy groups -OCH3 is 1. The summed E-state index contributed by atoms with van der Waals surface area (Å²) in [7, 11) is 1.16. The van der Waals surface area contributed by atoms with E-state index in [0.717, 1.165) is 19.7 Å². The number of hydrogen-bond acceptors (Lipinski definition) is 11. The van der Waals surface area contributed by atoms with Gasteiger partial charge >= 0.3 is 12.1 Å². The van der Waals surface area contributed by atoms with Gasteiger partial charge in [-0.05, 0) is 47.5 Å². The summed E-state index contributed by atoms with van der Waals surface area (Å²) in [5.74, 6) is 4.29. The number of hydrazine groups is 1. The number of aliphatic hydroxyl groups excluding tert-OH is 1. The van der Waals surface area contributed by atoms with Crippen LogP contribution in [0, 0.1) is 0 Å². The van der Waals surface area contributed by atoms with Gasteiger partial charge in [0.15, 0.2) is 6.10 Å². The van der Waals surface area contributed by atoms with Crippen LogP contribution in [0.5, 0.6) is 0 Å². The quantitative estimate of drug-likeness (QED) is 0.119. The summed E-state index contributed by atoms with van der Waals surface area (Å²) in [5, 5.41) is 27.8. The Morgan fingerprint density at radius 3 is 2.25 bits per heavy atom. The molecule has 1 heterocycles. The lowest BCUT2D eigenvalue weighted by molar-refractivity contribution is -0.158. The van der Waals surface area contributed by atoms with Crippen LogP contribution in [0.1, 0.15) is 73.1 Å². The van der Waals surface area contributed by atoms with Crippen molar-refractivity contribution in [3.05, 3.63) is 11.9 Å². The van der Waals surface area contributed by atoms with Crippen LogP contribution in [0.4, 0.5) is 4.79 Å². The summed E-state index contributed by atoms with van der Waals surface area (Å²) in [5.41, 5.74) is 2.47. The van der Waals surface area contributed by atoms with Crippen molar-refractivity contribution in [2.75, 3.05) is 20.2 Å². The van der Waals surface area contributed by atoms with Gasteiger partial charge in [-0.15, -0.1) is 0 Å². The van der Waals surface area contributed by atoms with Crippen LogP contribution in [0.25, 0.3) is 0 Å². The van der Waals surface area contributed by atoms with E-state index in [-0.39, 0.29) is 18.7 Å². The van der Waals surface area contributed by atoms with Crippen LogP contribution in [-0.4, -0.2) is 99.1 Å². The summed E-state index contributed by atoms with van der Waals surface area (Å²) in [6.45, 7) is 7.58. The Bertz CT molecular complexity index is 967. The number of esters is 1. The summed E-state index contributed by atoms with van der Waals surface area (Å²) >= 11 is 0. The highest BCUT2D eigenvalue weighted by molar-refractivity contribution is 5.91. The number of carbonyl (C=O) groups excluding carboxylic acids is 4. The second-order valence-electron chi connectivity index (χ2n) is 12.0. The molecule has 2 fully saturated rings. The van der Waals surface area contributed by atoms with Gasteiger partial charge in [-0.2, -0.15) is 0 Å². The second kappa shape index (κ2) is 13.0. The molecule has 0 radical (unpaired) electrons. The number of rotatable bonds is 9. The van der Waals surface area contributed by atoms with E-state index in [4.69, 9.17) is 21.1 Å². The number of ether oxygens (including phenoxy) is 2. The number of likely N-dealkylation sites (tertiary alicyclic amines) is 1. The van der Waals surface area contributed by atoms with Gasteiger partial charge < -0.3 is 46.0 Å². The average molecular weight is 571 g/mol. The molecule has 0 aromatic rings. The topological polar surface area (TPSA) is 210 Å². The molecular weight excluding hydrogens is 524 g/mol. The molecule has 1 saturated carbocycles. The number of alkyl carbamates (subject to hydrolysis) is 1. The number of nitrogens with zero attached hydrogens (tertiary/aromatic N) is 2. The highest BCUT2D eigenvalue weighted by atomic mass is 16.6. The van der Waals surface area contributed by atoms with Crippen molar-refractivity contribution in [3.63, 3.8) is 0 Å². The van der Waals surface area contributed by atoms with Crippen molar-refractivity contribution in [2.24, 2.45) is 11.6 Å². The van der Waals surface area contributed by atoms with Crippen molar-refractivity contribution in [2.45, 2.75) is 108 Å². The lowest BCUT2D eigenvalue weighted by Gasteiger charge is -2.41.